The van der Waals surface area contributed by atoms with Crippen molar-refractivity contribution in [3.05, 3.63) is 72.4 Å². The molecule has 24 heavy (non-hydrogen) atoms. The lowest BCUT2D eigenvalue weighted by Gasteiger charge is -2.10. The van der Waals surface area contributed by atoms with Crippen molar-refractivity contribution >= 4 is 5.65 Å². The van der Waals surface area contributed by atoms with Crippen LogP contribution in [0.5, 0.6) is 0 Å². The minimum atomic E-state index is 0.663. The average molecular weight is 318 g/mol. The van der Waals surface area contributed by atoms with Crippen molar-refractivity contribution in [1.82, 2.24) is 24.1 Å². The monoisotopic (exact) mass is 318 g/mol. The largest absolute Gasteiger partial charge is 0.330 e. The number of pyridine rings is 1. The number of hydrogen-bond donors (Lipinski definition) is 1. The van der Waals surface area contributed by atoms with Crippen LogP contribution in [-0.4, -0.2) is 30.7 Å². The normalized spacial score (nSPS) is 11.2. The Morgan fingerprint density at radius 2 is 1.88 bits per heavy atom. The van der Waals surface area contributed by atoms with Crippen LogP contribution in [0.1, 0.15) is 11.3 Å². The van der Waals surface area contributed by atoms with Crippen LogP contribution in [0.4, 0.5) is 0 Å². The minimum absolute atomic E-state index is 0.663. The van der Waals surface area contributed by atoms with Crippen LogP contribution in [0.15, 0.2) is 61.2 Å². The summed E-state index contributed by atoms with van der Waals surface area (Å²) in [6, 6.07) is 14.4. The summed E-state index contributed by atoms with van der Waals surface area (Å²) in [6.45, 7) is 1.34. The lowest BCUT2D eigenvalue weighted by Crippen LogP contribution is -2.07. The molecule has 0 saturated heterocycles. The lowest BCUT2D eigenvalue weighted by molar-refractivity contribution is 0.740. The van der Waals surface area contributed by atoms with E-state index in [1.807, 2.05) is 29.0 Å². The standard InChI is InChI=1S/C18H18N6/c19-9-8-14-4-6-15(7-5-14)18-20-10-11-23(18)12-16-2-1-3-17-21-13-22-24(16)17/h1-7,10-11,13H,8-9,12,19H2. The molecule has 0 aliphatic carbocycles. The van der Waals surface area contributed by atoms with Crippen LogP contribution in [0.25, 0.3) is 17.0 Å². The Morgan fingerprint density at radius 3 is 2.71 bits per heavy atom. The lowest BCUT2D eigenvalue weighted by atomic mass is 10.1. The zero-order valence-corrected chi connectivity index (χ0v) is 13.2. The molecule has 6 heteroatoms. The fourth-order valence-corrected chi connectivity index (χ4v) is 2.88. The Balaban J connectivity index is 1.66. The Kier molecular flexibility index (Phi) is 3.80. The molecule has 0 radical (unpaired) electrons. The fourth-order valence-electron chi connectivity index (χ4n) is 2.88. The van der Waals surface area contributed by atoms with E-state index in [0.717, 1.165) is 29.1 Å². The first-order valence-electron chi connectivity index (χ1n) is 7.93. The van der Waals surface area contributed by atoms with Crippen LogP contribution in [0.3, 0.4) is 0 Å². The van der Waals surface area contributed by atoms with Crippen molar-refractivity contribution in [2.75, 3.05) is 6.54 Å². The number of imidazole rings is 1. The zero-order chi connectivity index (χ0) is 16.4. The maximum atomic E-state index is 5.61. The third-order valence-corrected chi connectivity index (χ3v) is 4.07. The number of aromatic nitrogens is 5. The molecule has 1 aromatic carbocycles. The molecule has 0 amide bonds. The highest BCUT2D eigenvalue weighted by Crippen LogP contribution is 2.19. The molecule has 4 aromatic rings. The van der Waals surface area contributed by atoms with E-state index >= 15 is 0 Å². The average Bonchev–Trinajstić information content (AvgIpc) is 3.25. The highest BCUT2D eigenvalue weighted by molar-refractivity contribution is 5.56. The number of hydrogen-bond acceptors (Lipinski definition) is 4. The Bertz CT molecular complexity index is 951. The quantitative estimate of drug-likeness (QED) is 0.612. The summed E-state index contributed by atoms with van der Waals surface area (Å²) < 4.78 is 3.97. The van der Waals surface area contributed by atoms with Crippen molar-refractivity contribution < 1.29 is 0 Å². The van der Waals surface area contributed by atoms with Gasteiger partial charge in [0.15, 0.2) is 5.65 Å². The first-order valence-corrected chi connectivity index (χ1v) is 7.93. The molecule has 0 atom stereocenters. The zero-order valence-electron chi connectivity index (χ0n) is 13.2. The van der Waals surface area contributed by atoms with Gasteiger partial charge in [-0.1, -0.05) is 30.3 Å². The topological polar surface area (TPSA) is 74.0 Å². The van der Waals surface area contributed by atoms with Gasteiger partial charge in [-0.3, -0.25) is 0 Å². The van der Waals surface area contributed by atoms with Gasteiger partial charge in [0.05, 0.1) is 12.2 Å². The smallest absolute Gasteiger partial charge is 0.155 e. The first-order chi connectivity index (χ1) is 11.8. The highest BCUT2D eigenvalue weighted by Gasteiger charge is 2.09. The molecule has 6 nitrogen and oxygen atoms in total. The van der Waals surface area contributed by atoms with E-state index in [1.54, 1.807) is 6.33 Å². The van der Waals surface area contributed by atoms with Gasteiger partial charge in [-0.25, -0.2) is 14.5 Å². The van der Waals surface area contributed by atoms with Gasteiger partial charge in [-0.05, 0) is 30.7 Å². The molecule has 0 spiro atoms. The van der Waals surface area contributed by atoms with Crippen molar-refractivity contribution in [2.24, 2.45) is 5.73 Å². The Labute approximate surface area is 139 Å². The maximum Gasteiger partial charge on any atom is 0.155 e. The molecular weight excluding hydrogens is 300 g/mol. The molecule has 0 bridgehead atoms. The molecule has 0 fully saturated rings. The molecule has 0 aliphatic heterocycles. The van der Waals surface area contributed by atoms with Gasteiger partial charge in [-0.15, -0.1) is 0 Å². The van der Waals surface area contributed by atoms with E-state index in [9.17, 15) is 0 Å². The first kappa shape index (κ1) is 14.6. The van der Waals surface area contributed by atoms with Gasteiger partial charge in [0.2, 0.25) is 0 Å². The predicted octanol–water partition coefficient (Wildman–Crippen LogP) is 2.14. The SMILES string of the molecule is NCCc1ccc(-c2nccn2Cc2cccc3ncnn23)cc1. The molecule has 0 saturated carbocycles. The van der Waals surface area contributed by atoms with E-state index < -0.39 is 0 Å². The van der Waals surface area contributed by atoms with Gasteiger partial charge < -0.3 is 10.3 Å². The van der Waals surface area contributed by atoms with Crippen molar-refractivity contribution in [2.45, 2.75) is 13.0 Å². The van der Waals surface area contributed by atoms with Crippen molar-refractivity contribution in [3.8, 4) is 11.4 Å². The Hall–Kier alpha value is -2.99. The van der Waals surface area contributed by atoms with Crippen LogP contribution in [0.2, 0.25) is 0 Å². The van der Waals surface area contributed by atoms with E-state index in [0.29, 0.717) is 13.1 Å². The summed E-state index contributed by atoms with van der Waals surface area (Å²) >= 11 is 0. The summed E-state index contributed by atoms with van der Waals surface area (Å²) in [5.74, 6) is 0.936. The van der Waals surface area contributed by atoms with Gasteiger partial charge in [0, 0.05) is 18.0 Å². The summed E-state index contributed by atoms with van der Waals surface area (Å²) in [6.07, 6.45) is 6.27. The van der Waals surface area contributed by atoms with Crippen LogP contribution in [-0.2, 0) is 13.0 Å². The molecule has 3 aromatic heterocycles. The minimum Gasteiger partial charge on any atom is -0.330 e. The molecule has 3 heterocycles. The summed E-state index contributed by atoms with van der Waals surface area (Å²) in [4.78, 5) is 8.75. The van der Waals surface area contributed by atoms with E-state index in [2.05, 4.69) is 50.0 Å². The number of fused-ring (bicyclic) bond motifs is 1. The molecule has 4 rings (SSSR count). The van der Waals surface area contributed by atoms with Gasteiger partial charge in [0.1, 0.15) is 12.2 Å². The Morgan fingerprint density at radius 1 is 1.00 bits per heavy atom. The summed E-state index contributed by atoms with van der Waals surface area (Å²) in [7, 11) is 0. The van der Waals surface area contributed by atoms with Gasteiger partial charge in [0.25, 0.3) is 0 Å². The summed E-state index contributed by atoms with van der Waals surface area (Å²) in [5, 5.41) is 4.29. The maximum absolute atomic E-state index is 5.61. The molecule has 0 unspecified atom stereocenters. The second kappa shape index (κ2) is 6.25. The van der Waals surface area contributed by atoms with E-state index in [1.165, 1.54) is 5.56 Å². The van der Waals surface area contributed by atoms with E-state index in [-0.39, 0.29) is 0 Å². The number of rotatable bonds is 5. The second-order valence-corrected chi connectivity index (χ2v) is 5.66. The number of benzene rings is 1. The van der Waals surface area contributed by atoms with E-state index in [4.69, 9.17) is 5.73 Å². The third kappa shape index (κ3) is 2.68. The van der Waals surface area contributed by atoms with Crippen LogP contribution in [0, 0.1) is 0 Å². The van der Waals surface area contributed by atoms with Crippen LogP contribution < -0.4 is 5.73 Å². The number of nitrogens with zero attached hydrogens (tertiary/aromatic N) is 5. The molecule has 2 N–H and O–H groups in total. The molecule has 120 valence electrons. The second-order valence-electron chi connectivity index (χ2n) is 5.66. The predicted molar refractivity (Wildman–Crippen MR) is 92.5 cm³/mol. The van der Waals surface area contributed by atoms with Gasteiger partial charge in [-0.2, -0.15) is 5.10 Å². The van der Waals surface area contributed by atoms with Crippen molar-refractivity contribution in [3.63, 3.8) is 0 Å². The number of nitrogens with two attached hydrogens (primary N) is 1. The summed E-state index contributed by atoms with van der Waals surface area (Å²) in [5.41, 5.74) is 9.85. The molecule has 0 aliphatic rings. The van der Waals surface area contributed by atoms with Gasteiger partial charge >= 0.3 is 0 Å². The third-order valence-electron chi connectivity index (χ3n) is 4.07. The highest BCUT2D eigenvalue weighted by atomic mass is 15.3. The fraction of sp³-hybridized carbons (Fsp3) is 0.167. The van der Waals surface area contributed by atoms with Crippen molar-refractivity contribution in [1.29, 1.82) is 0 Å². The molecular formula is C18H18N6. The van der Waals surface area contributed by atoms with Crippen LogP contribution >= 0.6 is 0 Å².